The summed E-state index contributed by atoms with van der Waals surface area (Å²) in [6, 6.07) is 10.4. The standard InChI is InChI=1S/C18H22ClNO/c1-5-15-8-6-7-9-16(15)11-20-12(2)10-17(14(20)4)18(21)13(3)19/h6-10,13H,5,11H2,1-4H3. The van der Waals surface area contributed by atoms with E-state index in [1.165, 1.54) is 11.1 Å². The van der Waals surface area contributed by atoms with E-state index in [4.69, 9.17) is 11.6 Å². The molecule has 0 aliphatic heterocycles. The summed E-state index contributed by atoms with van der Waals surface area (Å²) in [6.07, 6.45) is 1.01. The first kappa shape index (κ1) is 15.8. The van der Waals surface area contributed by atoms with Crippen LogP contribution in [0.2, 0.25) is 0 Å². The Kier molecular flexibility index (Phi) is 4.89. The van der Waals surface area contributed by atoms with Gasteiger partial charge in [0.1, 0.15) is 0 Å². The lowest BCUT2D eigenvalue weighted by Crippen LogP contribution is -2.12. The van der Waals surface area contributed by atoms with Crippen LogP contribution in [-0.2, 0) is 13.0 Å². The molecule has 0 N–H and O–H groups in total. The number of hydrogen-bond acceptors (Lipinski definition) is 1. The average Bonchev–Trinajstić information content (AvgIpc) is 2.75. The number of Topliss-reactive ketones (excluding diaryl/α,β-unsaturated/α-hetero) is 1. The van der Waals surface area contributed by atoms with Crippen molar-refractivity contribution in [2.45, 2.75) is 46.0 Å². The van der Waals surface area contributed by atoms with E-state index < -0.39 is 5.38 Å². The summed E-state index contributed by atoms with van der Waals surface area (Å²) >= 11 is 5.95. The molecular weight excluding hydrogens is 282 g/mol. The van der Waals surface area contributed by atoms with Crippen LogP contribution >= 0.6 is 11.6 Å². The molecule has 1 aromatic heterocycles. The van der Waals surface area contributed by atoms with Gasteiger partial charge in [-0.05, 0) is 44.4 Å². The molecule has 3 heteroatoms. The molecule has 2 nitrogen and oxygen atoms in total. The van der Waals surface area contributed by atoms with E-state index in [1.54, 1.807) is 6.92 Å². The number of ketones is 1. The van der Waals surface area contributed by atoms with Crippen LogP contribution in [0.3, 0.4) is 0 Å². The second kappa shape index (κ2) is 6.48. The predicted octanol–water partition coefficient (Wildman–Crippen LogP) is 4.53. The highest BCUT2D eigenvalue weighted by Gasteiger charge is 2.19. The van der Waals surface area contributed by atoms with Gasteiger partial charge in [-0.3, -0.25) is 4.79 Å². The van der Waals surface area contributed by atoms with E-state index in [-0.39, 0.29) is 5.78 Å². The third-order valence-electron chi connectivity index (χ3n) is 4.03. The van der Waals surface area contributed by atoms with E-state index in [0.29, 0.717) is 0 Å². The fraction of sp³-hybridized carbons (Fsp3) is 0.389. The Hall–Kier alpha value is -1.54. The monoisotopic (exact) mass is 303 g/mol. The van der Waals surface area contributed by atoms with Crippen LogP contribution in [0.5, 0.6) is 0 Å². The molecule has 1 unspecified atom stereocenters. The van der Waals surface area contributed by atoms with E-state index in [9.17, 15) is 4.79 Å². The van der Waals surface area contributed by atoms with Crippen molar-refractivity contribution >= 4 is 17.4 Å². The molecule has 2 aromatic rings. The summed E-state index contributed by atoms with van der Waals surface area (Å²) in [5.41, 5.74) is 5.49. The highest BCUT2D eigenvalue weighted by Crippen LogP contribution is 2.21. The zero-order chi connectivity index (χ0) is 15.6. The van der Waals surface area contributed by atoms with Crippen LogP contribution in [0.25, 0.3) is 0 Å². The molecule has 21 heavy (non-hydrogen) atoms. The van der Waals surface area contributed by atoms with Gasteiger partial charge in [-0.25, -0.2) is 0 Å². The molecular formula is C18H22ClNO. The smallest absolute Gasteiger partial charge is 0.182 e. The van der Waals surface area contributed by atoms with E-state index in [0.717, 1.165) is 29.9 Å². The molecule has 0 radical (unpaired) electrons. The Morgan fingerprint density at radius 2 is 1.86 bits per heavy atom. The first-order chi connectivity index (χ1) is 9.95. The molecule has 0 saturated carbocycles. The predicted molar refractivity (Wildman–Crippen MR) is 88.5 cm³/mol. The van der Waals surface area contributed by atoms with Crippen LogP contribution < -0.4 is 0 Å². The molecule has 2 rings (SSSR count). The minimum Gasteiger partial charge on any atom is -0.344 e. The Labute approximate surface area is 131 Å². The molecule has 1 heterocycles. The van der Waals surface area contributed by atoms with Crippen molar-refractivity contribution in [3.8, 4) is 0 Å². The van der Waals surface area contributed by atoms with Crippen LogP contribution in [0.4, 0.5) is 0 Å². The van der Waals surface area contributed by atoms with E-state index in [1.807, 2.05) is 19.9 Å². The average molecular weight is 304 g/mol. The minimum absolute atomic E-state index is 0.000191. The fourth-order valence-corrected chi connectivity index (χ4v) is 2.85. The maximum atomic E-state index is 12.2. The maximum Gasteiger partial charge on any atom is 0.182 e. The van der Waals surface area contributed by atoms with Crippen molar-refractivity contribution in [1.82, 2.24) is 4.57 Å². The summed E-state index contributed by atoms with van der Waals surface area (Å²) in [4.78, 5) is 12.2. The van der Waals surface area contributed by atoms with Crippen molar-refractivity contribution < 1.29 is 4.79 Å². The van der Waals surface area contributed by atoms with Gasteiger partial charge in [-0.15, -0.1) is 11.6 Å². The van der Waals surface area contributed by atoms with Gasteiger partial charge in [0.2, 0.25) is 0 Å². The zero-order valence-corrected chi connectivity index (χ0v) is 13.9. The van der Waals surface area contributed by atoms with Crippen LogP contribution in [0, 0.1) is 13.8 Å². The van der Waals surface area contributed by atoms with Gasteiger partial charge in [0.15, 0.2) is 5.78 Å². The Bertz CT molecular complexity index is 655. The van der Waals surface area contributed by atoms with Crippen molar-refractivity contribution in [2.24, 2.45) is 0 Å². The van der Waals surface area contributed by atoms with Crippen LogP contribution in [0.15, 0.2) is 30.3 Å². The van der Waals surface area contributed by atoms with Gasteiger partial charge in [0, 0.05) is 23.5 Å². The number of benzene rings is 1. The Morgan fingerprint density at radius 3 is 2.43 bits per heavy atom. The largest absolute Gasteiger partial charge is 0.344 e. The Balaban J connectivity index is 2.39. The molecule has 0 amide bonds. The van der Waals surface area contributed by atoms with Gasteiger partial charge in [0.05, 0.1) is 5.38 Å². The number of nitrogens with zero attached hydrogens (tertiary/aromatic N) is 1. The van der Waals surface area contributed by atoms with Crippen LogP contribution in [-0.4, -0.2) is 15.7 Å². The fourth-order valence-electron chi connectivity index (χ4n) is 2.74. The Morgan fingerprint density at radius 1 is 1.24 bits per heavy atom. The normalized spacial score (nSPS) is 12.4. The molecule has 0 bridgehead atoms. The van der Waals surface area contributed by atoms with Gasteiger partial charge in [0.25, 0.3) is 0 Å². The highest BCUT2D eigenvalue weighted by molar-refractivity contribution is 6.33. The molecule has 0 fully saturated rings. The second-order valence-corrected chi connectivity index (χ2v) is 6.13. The maximum absolute atomic E-state index is 12.2. The lowest BCUT2D eigenvalue weighted by molar-refractivity contribution is 0.0991. The molecule has 0 saturated heterocycles. The van der Waals surface area contributed by atoms with Gasteiger partial charge in [-0.1, -0.05) is 31.2 Å². The number of aryl methyl sites for hydroxylation is 2. The van der Waals surface area contributed by atoms with Gasteiger partial charge >= 0.3 is 0 Å². The lowest BCUT2D eigenvalue weighted by Gasteiger charge is -2.13. The summed E-state index contributed by atoms with van der Waals surface area (Å²) < 4.78 is 2.20. The van der Waals surface area contributed by atoms with E-state index in [2.05, 4.69) is 35.8 Å². The van der Waals surface area contributed by atoms with Crippen molar-refractivity contribution in [3.63, 3.8) is 0 Å². The molecule has 0 aliphatic carbocycles. The number of halogens is 1. The SMILES string of the molecule is CCc1ccccc1Cn1c(C)cc(C(=O)C(C)Cl)c1C. The van der Waals surface area contributed by atoms with Gasteiger partial charge in [-0.2, -0.15) is 0 Å². The number of hydrogen-bond donors (Lipinski definition) is 0. The third-order valence-corrected chi connectivity index (χ3v) is 4.23. The number of rotatable bonds is 5. The summed E-state index contributed by atoms with van der Waals surface area (Å²) in [6.45, 7) is 8.72. The molecule has 0 spiro atoms. The van der Waals surface area contributed by atoms with E-state index >= 15 is 0 Å². The van der Waals surface area contributed by atoms with Crippen molar-refractivity contribution in [3.05, 3.63) is 58.4 Å². The second-order valence-electron chi connectivity index (χ2n) is 5.47. The lowest BCUT2D eigenvalue weighted by atomic mass is 10.1. The van der Waals surface area contributed by atoms with Crippen molar-refractivity contribution in [2.75, 3.05) is 0 Å². The summed E-state index contributed by atoms with van der Waals surface area (Å²) in [7, 11) is 0. The topological polar surface area (TPSA) is 22.0 Å². The van der Waals surface area contributed by atoms with Gasteiger partial charge < -0.3 is 4.57 Å². The minimum atomic E-state index is -0.484. The first-order valence-electron chi connectivity index (χ1n) is 7.37. The van der Waals surface area contributed by atoms with Crippen LogP contribution in [0.1, 0.15) is 46.7 Å². The number of carbonyl (C=O) groups excluding carboxylic acids is 1. The number of alkyl halides is 1. The third kappa shape index (κ3) is 3.21. The summed E-state index contributed by atoms with van der Waals surface area (Å²) in [5.74, 6) is -0.000191. The summed E-state index contributed by atoms with van der Waals surface area (Å²) in [5, 5.41) is -0.484. The molecule has 1 atom stereocenters. The quantitative estimate of drug-likeness (QED) is 0.588. The molecule has 1 aromatic carbocycles. The number of aromatic nitrogens is 1. The molecule has 112 valence electrons. The molecule has 0 aliphatic rings. The highest BCUT2D eigenvalue weighted by atomic mass is 35.5. The number of carbonyl (C=O) groups is 1. The first-order valence-corrected chi connectivity index (χ1v) is 7.81. The zero-order valence-electron chi connectivity index (χ0n) is 13.1. The van der Waals surface area contributed by atoms with Crippen molar-refractivity contribution in [1.29, 1.82) is 0 Å².